The van der Waals surface area contributed by atoms with Crippen LogP contribution in [0.2, 0.25) is 36.3 Å². The smallest absolute Gasteiger partial charge is 0.251 e. The molecule has 0 amide bonds. The van der Waals surface area contributed by atoms with Crippen molar-refractivity contribution < 1.29 is 13.6 Å². The van der Waals surface area contributed by atoms with E-state index in [4.69, 9.17) is 13.6 Å². The molecular formula is C24H40O3S2Si2. The zero-order chi connectivity index (χ0) is 23.7. The lowest BCUT2D eigenvalue weighted by Crippen LogP contribution is -2.43. The second-order valence-corrected chi connectivity index (χ2v) is 22.9. The molecule has 0 aliphatic carbocycles. The van der Waals surface area contributed by atoms with E-state index in [1.54, 1.807) is 21.6 Å². The Bertz CT molecular complexity index is 847. The lowest BCUT2D eigenvalue weighted by molar-refractivity contribution is 0.341. The molecule has 0 spiro atoms. The summed E-state index contributed by atoms with van der Waals surface area (Å²) in [6.07, 6.45) is 2.17. The first-order valence-corrected chi connectivity index (χ1v) is 18.9. The fourth-order valence-corrected chi connectivity index (χ4v) is 7.15. The van der Waals surface area contributed by atoms with Crippen LogP contribution in [0, 0.1) is 0 Å². The van der Waals surface area contributed by atoms with Crippen molar-refractivity contribution in [1.82, 2.24) is 0 Å². The number of hydrogen-bond donors (Lipinski definition) is 0. The highest BCUT2D eigenvalue weighted by atomic mass is 33.1. The molecule has 0 unspecified atom stereocenters. The van der Waals surface area contributed by atoms with Gasteiger partial charge in [-0.25, -0.2) is 0 Å². The van der Waals surface area contributed by atoms with Gasteiger partial charge in [-0.2, -0.15) is 0 Å². The first-order chi connectivity index (χ1) is 14.0. The van der Waals surface area contributed by atoms with Gasteiger partial charge in [0, 0.05) is 4.91 Å². The second-order valence-electron chi connectivity index (χ2n) is 11.2. The number of para-hydroxylation sites is 2. The van der Waals surface area contributed by atoms with Crippen LogP contribution in [0.5, 0.6) is 11.5 Å². The number of benzene rings is 1. The summed E-state index contributed by atoms with van der Waals surface area (Å²) in [4.78, 5) is 1.22. The molecule has 0 N–H and O–H groups in total. The van der Waals surface area contributed by atoms with Gasteiger partial charge in [-0.3, -0.25) is 0 Å². The van der Waals surface area contributed by atoms with Crippen molar-refractivity contribution >= 4 is 38.2 Å². The number of rotatable bonds is 7. The van der Waals surface area contributed by atoms with E-state index in [0.717, 1.165) is 16.6 Å². The zero-order valence-corrected chi connectivity index (χ0v) is 24.8. The average Bonchev–Trinajstić information content (AvgIpc) is 2.59. The summed E-state index contributed by atoms with van der Waals surface area (Å²) in [7, 11) is -0.320. The predicted molar refractivity (Wildman–Crippen MR) is 144 cm³/mol. The molecule has 0 bridgehead atoms. The van der Waals surface area contributed by atoms with Gasteiger partial charge in [-0.15, -0.1) is 0 Å². The van der Waals surface area contributed by atoms with Crippen LogP contribution < -0.4 is 9.16 Å². The van der Waals surface area contributed by atoms with Gasteiger partial charge in [0.25, 0.3) is 16.6 Å². The van der Waals surface area contributed by atoms with Crippen LogP contribution in [0.4, 0.5) is 0 Å². The first kappa shape index (κ1) is 26.5. The van der Waals surface area contributed by atoms with Crippen LogP contribution >= 0.6 is 21.6 Å². The van der Waals surface area contributed by atoms with Crippen molar-refractivity contribution in [3.05, 3.63) is 45.9 Å². The van der Waals surface area contributed by atoms with Gasteiger partial charge in [0.2, 0.25) is 0 Å². The molecule has 31 heavy (non-hydrogen) atoms. The van der Waals surface area contributed by atoms with Crippen LogP contribution in [0.25, 0.3) is 0 Å². The Morgan fingerprint density at radius 3 is 1.81 bits per heavy atom. The summed E-state index contributed by atoms with van der Waals surface area (Å²) in [6, 6.07) is 8.03. The monoisotopic (exact) mass is 496 g/mol. The second kappa shape index (κ2) is 9.61. The van der Waals surface area contributed by atoms with Gasteiger partial charge < -0.3 is 13.6 Å². The molecule has 1 aromatic rings. The molecule has 0 aromatic heterocycles. The summed E-state index contributed by atoms with van der Waals surface area (Å²) < 4.78 is 19.2. The maximum absolute atomic E-state index is 6.53. The molecule has 7 heteroatoms. The van der Waals surface area contributed by atoms with Crippen LogP contribution in [0.15, 0.2) is 45.9 Å². The summed E-state index contributed by atoms with van der Waals surface area (Å²) in [5.74, 6) is 1.66. The fraction of sp³-hybridized carbons (Fsp3) is 0.583. The van der Waals surface area contributed by atoms with Gasteiger partial charge in [0.1, 0.15) is 17.4 Å². The highest BCUT2D eigenvalue weighted by Crippen LogP contribution is 2.47. The summed E-state index contributed by atoms with van der Waals surface area (Å²) >= 11 is 0. The Hall–Kier alpha value is -0.766. The predicted octanol–water partition coefficient (Wildman–Crippen LogP) is 8.98. The lowest BCUT2D eigenvalue weighted by atomic mass is 10.2. The first-order valence-electron chi connectivity index (χ1n) is 10.9. The van der Waals surface area contributed by atoms with E-state index in [9.17, 15) is 0 Å². The van der Waals surface area contributed by atoms with Crippen LogP contribution in [0.1, 0.15) is 48.5 Å². The van der Waals surface area contributed by atoms with Crippen molar-refractivity contribution in [3.63, 3.8) is 0 Å². The largest absolute Gasteiger partial charge is 0.541 e. The normalized spacial score (nSPS) is 16.2. The highest BCUT2D eigenvalue weighted by molar-refractivity contribution is 8.79. The Labute approximate surface area is 200 Å². The van der Waals surface area contributed by atoms with Gasteiger partial charge >= 0.3 is 0 Å². The highest BCUT2D eigenvalue weighted by Gasteiger charge is 2.40. The van der Waals surface area contributed by atoms with Gasteiger partial charge in [0.15, 0.2) is 5.75 Å². The van der Waals surface area contributed by atoms with Gasteiger partial charge in [0.05, 0.1) is 0 Å². The van der Waals surface area contributed by atoms with E-state index in [1.807, 2.05) is 24.3 Å². The molecule has 0 atom stereocenters. The van der Waals surface area contributed by atoms with Gasteiger partial charge in [-0.1, -0.05) is 64.5 Å². The molecule has 174 valence electrons. The van der Waals surface area contributed by atoms with Crippen molar-refractivity contribution in [2.24, 2.45) is 0 Å². The summed E-state index contributed by atoms with van der Waals surface area (Å²) in [6.45, 7) is 25.3. The Morgan fingerprint density at radius 2 is 1.29 bits per heavy atom. The Balaban J connectivity index is 2.12. The number of allylic oxidation sites excluding steroid dienone is 2. The summed E-state index contributed by atoms with van der Waals surface area (Å²) in [5, 5.41) is 1.34. The molecule has 0 saturated carbocycles. The van der Waals surface area contributed by atoms with E-state index in [2.05, 4.69) is 80.7 Å². The maximum atomic E-state index is 6.53. The minimum absolute atomic E-state index is 0.139. The molecule has 1 aromatic carbocycles. The van der Waals surface area contributed by atoms with Crippen LogP contribution in [-0.4, -0.2) is 23.2 Å². The standard InChI is InChI=1S/C24H40O3S2Si2/c1-18-16-22(27-31(10,11)24(5,6)7)29-28-21(18)17-25-19-14-12-13-15-20(19)26-30(8,9)23(2,3)4/h12-16H,17H2,1-11H3. The molecule has 0 radical (unpaired) electrons. The molecular weight excluding hydrogens is 457 g/mol. The van der Waals surface area contributed by atoms with Crippen molar-refractivity contribution in [3.8, 4) is 11.5 Å². The molecule has 1 heterocycles. The van der Waals surface area contributed by atoms with Crippen molar-refractivity contribution in [1.29, 1.82) is 0 Å². The maximum Gasteiger partial charge on any atom is 0.251 e. The zero-order valence-electron chi connectivity index (χ0n) is 21.1. The minimum atomic E-state index is -1.93. The van der Waals surface area contributed by atoms with Crippen LogP contribution in [0.3, 0.4) is 0 Å². The number of hydrogen-bond acceptors (Lipinski definition) is 5. The number of ether oxygens (including phenoxy) is 1. The van der Waals surface area contributed by atoms with Gasteiger partial charge in [-0.05, 0) is 77.8 Å². The quantitative estimate of drug-likeness (QED) is 0.277. The molecule has 1 aliphatic rings. The van der Waals surface area contributed by atoms with Crippen molar-refractivity contribution in [2.45, 2.75) is 84.7 Å². The third-order valence-electron chi connectivity index (χ3n) is 6.54. The third kappa shape index (κ3) is 6.86. The third-order valence-corrected chi connectivity index (χ3v) is 17.8. The molecule has 2 rings (SSSR count). The molecule has 0 fully saturated rings. The fourth-order valence-electron chi connectivity index (χ4n) is 2.25. The minimum Gasteiger partial charge on any atom is -0.541 e. The SMILES string of the molecule is CC1=C(COc2ccccc2O[Si](C)(C)C(C)(C)C)SSC(O[Si](C)(C)C(C)(C)C)=C1. The van der Waals surface area contributed by atoms with E-state index in [1.165, 1.54) is 10.5 Å². The van der Waals surface area contributed by atoms with E-state index in [0.29, 0.717) is 6.61 Å². The molecule has 3 nitrogen and oxygen atoms in total. The lowest BCUT2D eigenvalue weighted by Gasteiger charge is -2.37. The van der Waals surface area contributed by atoms with E-state index >= 15 is 0 Å². The van der Waals surface area contributed by atoms with Crippen molar-refractivity contribution in [2.75, 3.05) is 6.61 Å². The average molecular weight is 497 g/mol. The van der Waals surface area contributed by atoms with E-state index < -0.39 is 16.6 Å². The molecule has 0 saturated heterocycles. The van der Waals surface area contributed by atoms with E-state index in [-0.39, 0.29) is 10.1 Å². The summed E-state index contributed by atoms with van der Waals surface area (Å²) in [5.41, 5.74) is 1.21. The Kier molecular flexibility index (Phi) is 8.21. The molecule has 1 aliphatic heterocycles. The topological polar surface area (TPSA) is 27.7 Å². The van der Waals surface area contributed by atoms with Crippen LogP contribution in [-0.2, 0) is 4.43 Å². The Morgan fingerprint density at radius 1 is 0.774 bits per heavy atom.